The van der Waals surface area contributed by atoms with E-state index in [9.17, 15) is 0 Å². The Balaban J connectivity index is 0.00000341. The number of para-hydroxylation sites is 1. The zero-order valence-corrected chi connectivity index (χ0v) is 21.3. The summed E-state index contributed by atoms with van der Waals surface area (Å²) in [7, 11) is 1.74. The van der Waals surface area contributed by atoms with Crippen LogP contribution in [0.1, 0.15) is 44.2 Å². The fourth-order valence-corrected chi connectivity index (χ4v) is 4.10. The predicted molar refractivity (Wildman–Crippen MR) is 136 cm³/mol. The Hall–Kier alpha value is -1.10. The second-order valence-corrected chi connectivity index (χ2v) is 7.86. The highest BCUT2D eigenvalue weighted by atomic mass is 127. The van der Waals surface area contributed by atoms with E-state index < -0.39 is 0 Å². The number of aliphatic imine (C=N–C) groups is 1. The second kappa shape index (κ2) is 14.9. The van der Waals surface area contributed by atoms with E-state index in [4.69, 9.17) is 19.2 Å². The Morgan fingerprint density at radius 2 is 2.06 bits per heavy atom. The fourth-order valence-electron chi connectivity index (χ4n) is 4.10. The summed E-state index contributed by atoms with van der Waals surface area (Å²) >= 11 is 0. The highest BCUT2D eigenvalue weighted by molar-refractivity contribution is 14.0. The summed E-state index contributed by atoms with van der Waals surface area (Å²) in [5.74, 6) is 1.80. The van der Waals surface area contributed by atoms with Gasteiger partial charge in [-0.25, -0.2) is 0 Å². The Kier molecular flexibility index (Phi) is 12.5. The van der Waals surface area contributed by atoms with Crippen molar-refractivity contribution < 1.29 is 14.2 Å². The summed E-state index contributed by atoms with van der Waals surface area (Å²) in [4.78, 5) is 7.45. The second-order valence-electron chi connectivity index (χ2n) is 7.86. The molecular weight excluding hydrogens is 507 g/mol. The van der Waals surface area contributed by atoms with Gasteiger partial charge < -0.3 is 24.8 Å². The number of benzene rings is 1. The van der Waals surface area contributed by atoms with Gasteiger partial charge in [0.15, 0.2) is 5.96 Å². The number of nitrogens with zero attached hydrogens (tertiary/aromatic N) is 2. The highest BCUT2D eigenvalue weighted by Gasteiger charge is 2.25. The SMILES string of the molecule is CCNC(=NCC(c1ccccc1OC)N1CCCC1)NCCCOC1CCOC1.I. The molecule has 0 aliphatic carbocycles. The molecule has 0 amide bonds. The minimum atomic E-state index is 0. The van der Waals surface area contributed by atoms with Crippen LogP contribution in [0.25, 0.3) is 0 Å². The first kappa shape index (κ1) is 26.2. The third-order valence-electron chi connectivity index (χ3n) is 5.70. The summed E-state index contributed by atoms with van der Waals surface area (Å²) in [6.07, 6.45) is 4.73. The monoisotopic (exact) mass is 546 g/mol. The van der Waals surface area contributed by atoms with E-state index in [1.807, 2.05) is 12.1 Å². The number of likely N-dealkylation sites (tertiary alicyclic amines) is 1. The van der Waals surface area contributed by atoms with Gasteiger partial charge in [0.1, 0.15) is 5.75 Å². The lowest BCUT2D eigenvalue weighted by molar-refractivity contribution is 0.0420. The van der Waals surface area contributed by atoms with E-state index >= 15 is 0 Å². The van der Waals surface area contributed by atoms with Crippen molar-refractivity contribution in [1.82, 2.24) is 15.5 Å². The van der Waals surface area contributed by atoms with Crippen molar-refractivity contribution >= 4 is 29.9 Å². The number of halogens is 1. The molecule has 0 aromatic heterocycles. The van der Waals surface area contributed by atoms with Crippen LogP contribution in [0.4, 0.5) is 0 Å². The van der Waals surface area contributed by atoms with Crippen molar-refractivity contribution in [3.8, 4) is 5.75 Å². The minimum absolute atomic E-state index is 0. The first-order valence-corrected chi connectivity index (χ1v) is 11.4. The van der Waals surface area contributed by atoms with Crippen molar-refractivity contribution in [2.24, 2.45) is 4.99 Å². The lowest BCUT2D eigenvalue weighted by Gasteiger charge is -2.28. The first-order chi connectivity index (χ1) is 14.8. The molecule has 0 bridgehead atoms. The number of hydrogen-bond acceptors (Lipinski definition) is 5. The number of methoxy groups -OCH3 is 1. The van der Waals surface area contributed by atoms with Crippen LogP contribution in [0, 0.1) is 0 Å². The molecule has 1 aromatic carbocycles. The molecule has 2 N–H and O–H groups in total. The maximum atomic E-state index is 5.85. The summed E-state index contributed by atoms with van der Waals surface area (Å²) in [5.41, 5.74) is 1.22. The van der Waals surface area contributed by atoms with Gasteiger partial charge in [-0.05, 0) is 51.8 Å². The molecule has 8 heteroatoms. The maximum Gasteiger partial charge on any atom is 0.191 e. The fraction of sp³-hybridized carbons (Fsp3) is 0.696. The van der Waals surface area contributed by atoms with Crippen LogP contribution < -0.4 is 15.4 Å². The van der Waals surface area contributed by atoms with Gasteiger partial charge in [0.2, 0.25) is 0 Å². The largest absolute Gasteiger partial charge is 0.496 e. The molecule has 2 saturated heterocycles. The predicted octanol–water partition coefficient (Wildman–Crippen LogP) is 3.20. The average Bonchev–Trinajstić information content (AvgIpc) is 3.48. The molecule has 2 unspecified atom stereocenters. The molecule has 2 atom stereocenters. The van der Waals surface area contributed by atoms with E-state index in [0.29, 0.717) is 6.54 Å². The van der Waals surface area contributed by atoms with Crippen LogP contribution in [0.5, 0.6) is 5.75 Å². The van der Waals surface area contributed by atoms with Gasteiger partial charge in [-0.3, -0.25) is 9.89 Å². The molecule has 2 heterocycles. The number of rotatable bonds is 11. The summed E-state index contributed by atoms with van der Waals surface area (Å²) in [6.45, 7) is 9.01. The molecule has 31 heavy (non-hydrogen) atoms. The number of guanidine groups is 1. The molecule has 2 fully saturated rings. The number of hydrogen-bond donors (Lipinski definition) is 2. The molecule has 0 saturated carbocycles. The smallest absolute Gasteiger partial charge is 0.191 e. The van der Waals surface area contributed by atoms with Crippen LogP contribution in [0.3, 0.4) is 0 Å². The summed E-state index contributed by atoms with van der Waals surface area (Å²) in [5, 5.41) is 6.82. The topological polar surface area (TPSA) is 67.4 Å². The van der Waals surface area contributed by atoms with Crippen LogP contribution in [-0.4, -0.2) is 76.6 Å². The molecule has 3 rings (SSSR count). The average molecular weight is 546 g/mol. The third kappa shape index (κ3) is 8.40. The molecule has 7 nitrogen and oxygen atoms in total. The van der Waals surface area contributed by atoms with E-state index in [-0.39, 0.29) is 36.1 Å². The highest BCUT2D eigenvalue weighted by Crippen LogP contribution is 2.31. The molecule has 176 valence electrons. The van der Waals surface area contributed by atoms with E-state index in [1.54, 1.807) is 7.11 Å². The molecule has 1 aromatic rings. The third-order valence-corrected chi connectivity index (χ3v) is 5.70. The quantitative estimate of drug-likeness (QED) is 0.192. The Labute approximate surface area is 204 Å². The van der Waals surface area contributed by atoms with Crippen molar-refractivity contribution in [2.75, 3.05) is 59.7 Å². The van der Waals surface area contributed by atoms with Gasteiger partial charge >= 0.3 is 0 Å². The Morgan fingerprint density at radius 3 is 2.77 bits per heavy atom. The van der Waals surface area contributed by atoms with Crippen LogP contribution in [-0.2, 0) is 9.47 Å². The first-order valence-electron chi connectivity index (χ1n) is 11.4. The lowest BCUT2D eigenvalue weighted by Crippen LogP contribution is -2.39. The van der Waals surface area contributed by atoms with Gasteiger partial charge in [-0.1, -0.05) is 18.2 Å². The van der Waals surface area contributed by atoms with E-state index in [1.165, 1.54) is 18.4 Å². The van der Waals surface area contributed by atoms with Crippen molar-refractivity contribution in [1.29, 1.82) is 0 Å². The van der Waals surface area contributed by atoms with Gasteiger partial charge in [0.25, 0.3) is 0 Å². The summed E-state index contributed by atoms with van der Waals surface area (Å²) in [6, 6.07) is 8.55. The molecular formula is C23H39IN4O3. The van der Waals surface area contributed by atoms with E-state index in [0.717, 1.165) is 70.6 Å². The van der Waals surface area contributed by atoms with Gasteiger partial charge in [-0.15, -0.1) is 24.0 Å². The zero-order chi connectivity index (χ0) is 21.0. The van der Waals surface area contributed by atoms with E-state index in [2.05, 4.69) is 34.6 Å². The minimum Gasteiger partial charge on any atom is -0.496 e. The molecule has 0 radical (unpaired) electrons. The van der Waals surface area contributed by atoms with Crippen LogP contribution in [0.2, 0.25) is 0 Å². The molecule has 2 aliphatic rings. The van der Waals surface area contributed by atoms with Crippen molar-refractivity contribution in [2.45, 2.75) is 44.8 Å². The number of ether oxygens (including phenoxy) is 3. The van der Waals surface area contributed by atoms with Gasteiger partial charge in [0, 0.05) is 31.9 Å². The Bertz CT molecular complexity index is 649. The van der Waals surface area contributed by atoms with Crippen LogP contribution in [0.15, 0.2) is 29.3 Å². The number of nitrogens with one attached hydrogen (secondary N) is 2. The van der Waals surface area contributed by atoms with Gasteiger partial charge in [0.05, 0.1) is 32.4 Å². The molecule has 2 aliphatic heterocycles. The zero-order valence-electron chi connectivity index (χ0n) is 19.0. The van der Waals surface area contributed by atoms with Crippen molar-refractivity contribution in [3.05, 3.63) is 29.8 Å². The lowest BCUT2D eigenvalue weighted by atomic mass is 10.0. The van der Waals surface area contributed by atoms with Gasteiger partial charge in [-0.2, -0.15) is 0 Å². The van der Waals surface area contributed by atoms with Crippen molar-refractivity contribution in [3.63, 3.8) is 0 Å². The molecule has 0 spiro atoms. The standard InChI is InChI=1S/C23H38N4O3.HI/c1-3-24-23(25-12-8-15-30-19-11-16-29-18-19)26-17-21(27-13-6-7-14-27)20-9-4-5-10-22(20)28-2;/h4-5,9-10,19,21H,3,6-8,11-18H2,1-2H3,(H2,24,25,26);1H. The normalized spacial score (nSPS) is 20.3. The van der Waals surface area contributed by atoms with Crippen LogP contribution >= 0.6 is 24.0 Å². The maximum absolute atomic E-state index is 5.85. The summed E-state index contributed by atoms with van der Waals surface area (Å²) < 4.78 is 16.8. The Morgan fingerprint density at radius 1 is 1.26 bits per heavy atom.